The second kappa shape index (κ2) is 9.11. The van der Waals surface area contributed by atoms with Gasteiger partial charge in [0.2, 0.25) is 0 Å². The van der Waals surface area contributed by atoms with E-state index >= 15 is 0 Å². The molecular weight excluding hydrogens is 322 g/mol. The van der Waals surface area contributed by atoms with Gasteiger partial charge in [-0.25, -0.2) is 0 Å². The van der Waals surface area contributed by atoms with Crippen LogP contribution >= 0.6 is 0 Å². The largest absolute Gasteiger partial charge is 0.382 e. The lowest BCUT2D eigenvalue weighted by Crippen LogP contribution is -2.40. The van der Waals surface area contributed by atoms with Crippen molar-refractivity contribution >= 4 is 5.78 Å². The van der Waals surface area contributed by atoms with Gasteiger partial charge in [-0.3, -0.25) is 4.79 Å². The van der Waals surface area contributed by atoms with Crippen molar-refractivity contribution in [3.05, 3.63) is 70.8 Å². The predicted molar refractivity (Wildman–Crippen MR) is 107 cm³/mol. The van der Waals surface area contributed by atoms with Gasteiger partial charge in [-0.05, 0) is 74.6 Å². The summed E-state index contributed by atoms with van der Waals surface area (Å²) in [6.45, 7) is 6.33. The van der Waals surface area contributed by atoms with Crippen molar-refractivity contribution in [2.45, 2.75) is 64.5 Å². The number of nitrogens with two attached hydrogens (primary N) is 1. The van der Waals surface area contributed by atoms with Crippen LogP contribution in [-0.2, 0) is 11.3 Å². The van der Waals surface area contributed by atoms with Crippen LogP contribution in [0.2, 0.25) is 0 Å². The van der Waals surface area contributed by atoms with Gasteiger partial charge in [0.25, 0.3) is 0 Å². The molecular formula is C23H31NO2. The molecule has 0 bridgehead atoms. The van der Waals surface area contributed by atoms with Crippen LogP contribution in [0.1, 0.15) is 60.8 Å². The predicted octanol–water partition coefficient (Wildman–Crippen LogP) is 4.43. The van der Waals surface area contributed by atoms with Crippen LogP contribution in [0.4, 0.5) is 0 Å². The van der Waals surface area contributed by atoms with Gasteiger partial charge in [-0.1, -0.05) is 48.5 Å². The van der Waals surface area contributed by atoms with Gasteiger partial charge in [-0.15, -0.1) is 0 Å². The van der Waals surface area contributed by atoms with E-state index in [-0.39, 0.29) is 5.78 Å². The Morgan fingerprint density at radius 3 is 1.96 bits per heavy atom. The molecule has 0 atom stereocenters. The highest BCUT2D eigenvalue weighted by Gasteiger charge is 2.37. The molecule has 140 valence electrons. The van der Waals surface area contributed by atoms with Crippen molar-refractivity contribution in [1.82, 2.24) is 0 Å². The van der Waals surface area contributed by atoms with E-state index in [1.807, 2.05) is 36.4 Å². The summed E-state index contributed by atoms with van der Waals surface area (Å²) in [5.41, 5.74) is 9.80. The zero-order chi connectivity index (χ0) is 19.2. The maximum atomic E-state index is 11.5. The Kier molecular flexibility index (Phi) is 7.13. The summed E-state index contributed by atoms with van der Waals surface area (Å²) in [4.78, 5) is 11.5. The number of Topliss-reactive ketones (excluding diaryl/α,β-unsaturated/α-hetero) is 1. The fraction of sp³-hybridized carbons (Fsp3) is 0.435. The minimum absolute atomic E-state index is 0.0951. The molecule has 1 fully saturated rings. The average Bonchev–Trinajstić information content (AvgIpc) is 2.67. The van der Waals surface area contributed by atoms with E-state index in [4.69, 9.17) is 5.73 Å². The monoisotopic (exact) mass is 353 g/mol. The number of aliphatic hydroxyl groups is 1. The number of carbonyl (C=O) groups excluding carboxylic acids is 1. The van der Waals surface area contributed by atoms with E-state index in [9.17, 15) is 9.90 Å². The normalized spacial score (nSPS) is 22.3. The van der Waals surface area contributed by atoms with Gasteiger partial charge in [0.1, 0.15) is 5.60 Å². The number of benzene rings is 2. The van der Waals surface area contributed by atoms with E-state index in [1.54, 1.807) is 0 Å². The van der Waals surface area contributed by atoms with Crippen LogP contribution in [-0.4, -0.2) is 16.5 Å². The van der Waals surface area contributed by atoms with Crippen LogP contribution in [0.3, 0.4) is 0 Å². The number of ketones is 1. The van der Waals surface area contributed by atoms with Gasteiger partial charge >= 0.3 is 0 Å². The Balaban J connectivity index is 0.000000342. The van der Waals surface area contributed by atoms with E-state index in [2.05, 4.69) is 26.0 Å². The Hall–Kier alpha value is -1.97. The standard InChI is InChI=1S/C17H25NO2.C6H6/c1-11-12(2)16(5-4-15(11)10-18)14-6-8-17(20,9-7-14)13(3)19;1-2-4-6-5-3-1/h4-5,14,20H,6-10,18H2,1-3H3;1-6H. The molecule has 3 heteroatoms. The Morgan fingerprint density at radius 1 is 1.04 bits per heavy atom. The lowest BCUT2D eigenvalue weighted by atomic mass is 9.73. The van der Waals surface area contributed by atoms with Crippen molar-refractivity contribution < 1.29 is 9.90 Å². The van der Waals surface area contributed by atoms with Crippen molar-refractivity contribution in [3.8, 4) is 0 Å². The Bertz CT molecular complexity index is 690. The molecule has 0 saturated heterocycles. The van der Waals surface area contributed by atoms with Crippen molar-refractivity contribution in [2.24, 2.45) is 5.73 Å². The van der Waals surface area contributed by atoms with E-state index in [0.717, 1.165) is 12.8 Å². The van der Waals surface area contributed by atoms with Gasteiger partial charge in [0, 0.05) is 6.54 Å². The molecule has 0 heterocycles. The molecule has 3 nitrogen and oxygen atoms in total. The average molecular weight is 354 g/mol. The summed E-state index contributed by atoms with van der Waals surface area (Å²) >= 11 is 0. The SMILES string of the molecule is CC(=O)C1(O)CCC(c2ccc(CN)c(C)c2C)CC1.c1ccccc1. The van der Waals surface area contributed by atoms with E-state index < -0.39 is 5.60 Å². The maximum absolute atomic E-state index is 11.5. The van der Waals surface area contributed by atoms with Crippen molar-refractivity contribution in [3.63, 3.8) is 0 Å². The Morgan fingerprint density at radius 2 is 1.54 bits per heavy atom. The molecule has 2 aromatic carbocycles. The van der Waals surface area contributed by atoms with Crippen molar-refractivity contribution in [1.29, 1.82) is 0 Å². The molecule has 1 aliphatic rings. The first-order chi connectivity index (χ1) is 12.4. The summed E-state index contributed by atoms with van der Waals surface area (Å²) in [7, 11) is 0. The number of hydrogen-bond donors (Lipinski definition) is 2. The molecule has 0 unspecified atom stereocenters. The first kappa shape index (κ1) is 20.3. The number of rotatable bonds is 3. The summed E-state index contributed by atoms with van der Waals surface area (Å²) in [6, 6.07) is 16.3. The van der Waals surface area contributed by atoms with Gasteiger partial charge < -0.3 is 10.8 Å². The summed E-state index contributed by atoms with van der Waals surface area (Å²) in [6.07, 6.45) is 2.89. The highest BCUT2D eigenvalue weighted by molar-refractivity contribution is 5.84. The zero-order valence-corrected chi connectivity index (χ0v) is 16.2. The third-order valence-corrected chi connectivity index (χ3v) is 5.74. The number of carbonyl (C=O) groups is 1. The molecule has 1 saturated carbocycles. The fourth-order valence-electron chi connectivity index (χ4n) is 3.70. The summed E-state index contributed by atoms with van der Waals surface area (Å²) in [5.74, 6) is 0.350. The third kappa shape index (κ3) is 4.80. The van der Waals surface area contributed by atoms with Crippen LogP contribution in [0, 0.1) is 13.8 Å². The topological polar surface area (TPSA) is 63.3 Å². The van der Waals surface area contributed by atoms with Gasteiger partial charge in [0.05, 0.1) is 0 Å². The molecule has 1 aliphatic carbocycles. The first-order valence-corrected chi connectivity index (χ1v) is 9.41. The highest BCUT2D eigenvalue weighted by atomic mass is 16.3. The third-order valence-electron chi connectivity index (χ3n) is 5.74. The summed E-state index contributed by atoms with van der Waals surface area (Å²) < 4.78 is 0. The van der Waals surface area contributed by atoms with Gasteiger partial charge in [-0.2, -0.15) is 0 Å². The van der Waals surface area contributed by atoms with Gasteiger partial charge in [0.15, 0.2) is 5.78 Å². The molecule has 3 N–H and O–H groups in total. The van der Waals surface area contributed by atoms with Crippen LogP contribution < -0.4 is 5.73 Å². The van der Waals surface area contributed by atoms with Crippen LogP contribution in [0.5, 0.6) is 0 Å². The summed E-state index contributed by atoms with van der Waals surface area (Å²) in [5, 5.41) is 10.3. The molecule has 0 spiro atoms. The van der Waals surface area contributed by atoms with Crippen LogP contribution in [0.15, 0.2) is 48.5 Å². The zero-order valence-electron chi connectivity index (χ0n) is 16.2. The Labute approximate surface area is 157 Å². The molecule has 26 heavy (non-hydrogen) atoms. The minimum atomic E-state index is -1.09. The second-order valence-corrected chi connectivity index (χ2v) is 7.28. The molecule has 3 rings (SSSR count). The lowest BCUT2D eigenvalue weighted by molar-refractivity contribution is -0.138. The molecule has 0 amide bonds. The molecule has 2 aromatic rings. The second-order valence-electron chi connectivity index (χ2n) is 7.28. The van der Waals surface area contributed by atoms with E-state index in [1.165, 1.54) is 29.2 Å². The van der Waals surface area contributed by atoms with Crippen molar-refractivity contribution in [2.75, 3.05) is 0 Å². The number of hydrogen-bond acceptors (Lipinski definition) is 3. The molecule has 0 radical (unpaired) electrons. The smallest absolute Gasteiger partial charge is 0.161 e. The highest BCUT2D eigenvalue weighted by Crippen LogP contribution is 2.40. The fourth-order valence-corrected chi connectivity index (χ4v) is 3.70. The molecule has 0 aromatic heterocycles. The maximum Gasteiger partial charge on any atom is 0.161 e. The minimum Gasteiger partial charge on any atom is -0.382 e. The van der Waals surface area contributed by atoms with Crippen LogP contribution in [0.25, 0.3) is 0 Å². The van der Waals surface area contributed by atoms with E-state index in [0.29, 0.717) is 25.3 Å². The lowest BCUT2D eigenvalue weighted by Gasteiger charge is -2.35. The quantitative estimate of drug-likeness (QED) is 0.858. The molecule has 0 aliphatic heterocycles. The first-order valence-electron chi connectivity index (χ1n) is 9.41.